The maximum absolute atomic E-state index is 12.7. The molecule has 2 atom stereocenters. The van der Waals surface area contributed by atoms with E-state index < -0.39 is 27.3 Å². The molecule has 2 aliphatic heterocycles. The number of amides is 2. The van der Waals surface area contributed by atoms with Gasteiger partial charge in [-0.1, -0.05) is 117 Å². The number of pyridine rings is 1. The lowest BCUT2D eigenvalue weighted by Gasteiger charge is -2.43. The number of phenolic OH excluding ortho intramolecular Hbond substituents is 1. The number of aromatic nitrogens is 3. The van der Waals surface area contributed by atoms with Gasteiger partial charge in [0.2, 0.25) is 12.3 Å². The second-order valence-electron chi connectivity index (χ2n) is 21.2. The van der Waals surface area contributed by atoms with E-state index in [1.165, 1.54) is 43.0 Å². The standard InChI is InChI=1S/C21H18N2O4S.C20H14N2O5.C14H11N3O.C13H17NO.CH4/c1-23(25)20-13-6-5-12-19(20)22-21(24)17-10-7-11-18(14-17)28(26,27)15-16-8-3-2-4-9-16;1-25-15-7-6-10(8-13(15)23)16-12(9-21)19(22)27-18-11-4-2-3-5-14(11)26-20(24)17(16)18;18-14-12-4-2-1-3-11(12)13(16-17-14)9-10-5-7-15-8-6-10;1-10-8-13(2,3)14(9-15)12-7-5-4-6-11(10)12;/h2-14H,1,15H2,(H-,22,24,25);2-8,16,23H,22H2,1H3;1-8H,9H2,(H,17,18);4-7,9-10H,8H2,1-3H3;1H4/p+1. The van der Waals surface area contributed by atoms with Gasteiger partial charge in [-0.3, -0.25) is 24.6 Å². The van der Waals surface area contributed by atoms with E-state index in [1.54, 1.807) is 97.3 Å². The lowest BCUT2D eigenvalue weighted by molar-refractivity contribution is -0.705. The van der Waals surface area contributed by atoms with E-state index in [-0.39, 0.29) is 69.0 Å². The summed E-state index contributed by atoms with van der Waals surface area (Å²) in [5.41, 5.74) is 12.0. The number of H-pyrrole nitrogens is 1. The minimum atomic E-state index is -3.60. The fourth-order valence-corrected chi connectivity index (χ4v) is 12.0. The Morgan fingerprint density at radius 2 is 1.54 bits per heavy atom. The van der Waals surface area contributed by atoms with Crippen LogP contribution in [0.1, 0.15) is 90.3 Å². The van der Waals surface area contributed by atoms with Crippen molar-refractivity contribution in [2.45, 2.75) is 69.1 Å². The maximum Gasteiger partial charge on any atom is 0.344 e. The van der Waals surface area contributed by atoms with Crippen LogP contribution in [0.2, 0.25) is 0 Å². The number of nitrogens with zero attached hydrogens (tertiary/aromatic N) is 5. The van der Waals surface area contributed by atoms with Crippen LogP contribution in [0, 0.1) is 11.3 Å². The lowest BCUT2D eigenvalue weighted by atomic mass is 9.80. The van der Waals surface area contributed by atoms with Gasteiger partial charge in [-0.2, -0.15) is 10.4 Å². The van der Waals surface area contributed by atoms with Gasteiger partial charge in [-0.05, 0) is 121 Å². The molecule has 0 saturated carbocycles. The number of ether oxygens (including phenoxy) is 2. The molecule has 20 heteroatoms. The van der Waals surface area contributed by atoms with Crippen LogP contribution in [0.3, 0.4) is 0 Å². The molecule has 2 aliphatic rings. The van der Waals surface area contributed by atoms with Crippen LogP contribution < -0.4 is 36.6 Å². The Labute approximate surface area is 513 Å². The number of para-hydroxylation sites is 4. The molecule has 452 valence electrons. The molecular formula is C69H65N8O11S+. The van der Waals surface area contributed by atoms with E-state index in [9.17, 15) is 43.2 Å². The molecule has 2 unspecified atom stereocenters. The highest BCUT2D eigenvalue weighted by Gasteiger charge is 2.37. The topological polar surface area (TPSA) is 284 Å². The fourth-order valence-electron chi connectivity index (χ4n) is 10.6. The van der Waals surface area contributed by atoms with E-state index in [0.717, 1.165) is 35.2 Å². The molecule has 7 aromatic carbocycles. The van der Waals surface area contributed by atoms with Crippen LogP contribution >= 0.6 is 0 Å². The van der Waals surface area contributed by atoms with Crippen molar-refractivity contribution in [2.24, 2.45) is 5.73 Å². The lowest BCUT2D eigenvalue weighted by Crippen LogP contribution is -2.47. The highest BCUT2D eigenvalue weighted by Crippen LogP contribution is 2.45. The Hall–Kier alpha value is -11.2. The SMILES string of the molecule is C.C=[N+](O)c1ccccc1NC(=O)c1cccc(S(=O)(=O)Cc2ccccc2)c1.CC1CC(C)(C)N(C=O)c2ccccc21.COc1ccc(C2C(C#N)=C(N)Oc3c2c(=O)oc2ccccc32)cc1O.O=c1[nH]nc(Cc2ccncc2)c2ccccc12. The summed E-state index contributed by atoms with van der Waals surface area (Å²) in [6.07, 6.45) is 6.15. The van der Waals surface area contributed by atoms with Crippen LogP contribution in [0.15, 0.2) is 225 Å². The summed E-state index contributed by atoms with van der Waals surface area (Å²) in [6.45, 7) is 9.86. The number of nitrogens with two attached hydrogens (primary N) is 1. The van der Waals surface area contributed by atoms with Gasteiger partial charge >= 0.3 is 5.63 Å². The monoisotopic (exact) mass is 1210 g/mol. The Bertz CT molecular complexity index is 4570. The number of nitriles is 1. The van der Waals surface area contributed by atoms with Crippen LogP contribution in [-0.4, -0.2) is 70.3 Å². The molecule has 10 aromatic rings. The predicted octanol–water partition coefficient (Wildman–Crippen LogP) is 11.9. The molecule has 3 aromatic heterocycles. The van der Waals surface area contributed by atoms with Gasteiger partial charge < -0.3 is 34.9 Å². The maximum atomic E-state index is 12.7. The zero-order valence-electron chi connectivity index (χ0n) is 48.3. The predicted molar refractivity (Wildman–Crippen MR) is 342 cm³/mol. The van der Waals surface area contributed by atoms with Crippen molar-refractivity contribution < 1.29 is 47.0 Å². The Kier molecular flexibility index (Phi) is 20.0. The first-order valence-electron chi connectivity index (χ1n) is 27.6. The number of aromatic hydroxyl groups is 1. The number of phenols is 1. The Morgan fingerprint density at radius 1 is 0.876 bits per heavy atom. The number of rotatable bonds is 11. The van der Waals surface area contributed by atoms with E-state index in [2.05, 4.69) is 54.1 Å². The first-order chi connectivity index (χ1) is 42.3. The number of methoxy groups -OCH3 is 1. The number of nitrogens with one attached hydrogen (secondary N) is 2. The summed E-state index contributed by atoms with van der Waals surface area (Å²) in [4.78, 5) is 54.1. The second-order valence-corrected chi connectivity index (χ2v) is 23.1. The molecule has 2 amide bonds. The third-order valence-corrected chi connectivity index (χ3v) is 16.5. The van der Waals surface area contributed by atoms with Crippen molar-refractivity contribution in [3.63, 3.8) is 0 Å². The number of aromatic amines is 1. The van der Waals surface area contributed by atoms with Crippen molar-refractivity contribution in [3.05, 3.63) is 266 Å². The van der Waals surface area contributed by atoms with E-state index >= 15 is 0 Å². The zero-order chi connectivity index (χ0) is 62.7. The van der Waals surface area contributed by atoms with Gasteiger partial charge in [0.1, 0.15) is 22.9 Å². The van der Waals surface area contributed by atoms with Crippen LogP contribution in [-0.2, 0) is 26.8 Å². The average Bonchev–Trinajstić information content (AvgIpc) is 0.836. The molecule has 0 bridgehead atoms. The van der Waals surface area contributed by atoms with Gasteiger partial charge in [0.05, 0.1) is 45.7 Å². The van der Waals surface area contributed by atoms with Crippen molar-refractivity contribution in [3.8, 4) is 23.3 Å². The average molecular weight is 1210 g/mol. The third kappa shape index (κ3) is 14.4. The van der Waals surface area contributed by atoms with Gasteiger partial charge in [-0.25, -0.2) is 18.3 Å². The van der Waals surface area contributed by atoms with Crippen molar-refractivity contribution in [1.29, 1.82) is 5.26 Å². The Balaban J connectivity index is 0.000000157. The summed E-state index contributed by atoms with van der Waals surface area (Å²) in [5, 5.41) is 40.8. The fraction of sp³-hybridized carbons (Fsp3) is 0.159. The van der Waals surface area contributed by atoms with Gasteiger partial charge in [0.25, 0.3) is 17.2 Å². The summed E-state index contributed by atoms with van der Waals surface area (Å²) in [5.74, 6) is -0.659. The molecule has 0 saturated heterocycles. The van der Waals surface area contributed by atoms with Gasteiger partial charge in [0.15, 0.2) is 33.8 Å². The molecule has 12 rings (SSSR count). The van der Waals surface area contributed by atoms with E-state index in [4.69, 9.17) is 19.6 Å². The summed E-state index contributed by atoms with van der Waals surface area (Å²) in [6, 6.07) is 54.4. The highest BCUT2D eigenvalue weighted by molar-refractivity contribution is 7.90. The smallest absolute Gasteiger partial charge is 0.344 e. The van der Waals surface area contributed by atoms with Crippen molar-refractivity contribution >= 4 is 67.7 Å². The molecular weight excluding hydrogens is 1150 g/mol. The second kappa shape index (κ2) is 27.9. The number of allylic oxidation sites excluding steroid dienone is 1. The number of carbonyl (C=O) groups is 2. The van der Waals surface area contributed by atoms with Gasteiger partial charge in [-0.15, -0.1) is 0 Å². The largest absolute Gasteiger partial charge is 0.504 e. The summed E-state index contributed by atoms with van der Waals surface area (Å²) < 4.78 is 42.2. The molecule has 5 heterocycles. The summed E-state index contributed by atoms with van der Waals surface area (Å²) in [7, 11) is -2.17. The molecule has 0 aliphatic carbocycles. The molecule has 89 heavy (non-hydrogen) atoms. The molecule has 0 radical (unpaired) electrons. The van der Waals surface area contributed by atoms with Gasteiger partial charge in [0, 0.05) is 51.8 Å². The minimum absolute atomic E-state index is 0. The molecule has 6 N–H and O–H groups in total. The van der Waals surface area contributed by atoms with Crippen LogP contribution in [0.25, 0.3) is 21.7 Å². The summed E-state index contributed by atoms with van der Waals surface area (Å²) >= 11 is 0. The van der Waals surface area contributed by atoms with Crippen LogP contribution in [0.4, 0.5) is 17.1 Å². The number of fused-ring (bicyclic) bond motifs is 5. The number of sulfone groups is 1. The molecule has 0 spiro atoms. The highest BCUT2D eigenvalue weighted by atomic mass is 32.2. The Morgan fingerprint density at radius 3 is 2.24 bits per heavy atom. The first-order valence-corrected chi connectivity index (χ1v) is 29.2. The molecule has 19 nitrogen and oxygen atoms in total. The quantitative estimate of drug-likeness (QED) is 0.0201. The normalized spacial score (nSPS) is 14.3. The van der Waals surface area contributed by atoms with E-state index in [0.29, 0.717) is 55.9 Å². The van der Waals surface area contributed by atoms with Crippen molar-refractivity contribution in [2.75, 3.05) is 17.3 Å². The zero-order valence-corrected chi connectivity index (χ0v) is 49.1. The number of hydrogen-bond acceptors (Lipinski definition) is 15. The third-order valence-electron chi connectivity index (χ3n) is 14.8. The van der Waals surface area contributed by atoms with Crippen molar-refractivity contribution in [1.82, 2.24) is 15.2 Å². The number of benzene rings is 7. The number of anilines is 2. The number of hydrogen-bond donors (Lipinski definition) is 5. The minimum Gasteiger partial charge on any atom is -0.504 e. The molecule has 0 fully saturated rings. The number of carbonyl (C=O) groups excluding carboxylic acids is 2. The van der Waals surface area contributed by atoms with E-state index in [1.807, 2.05) is 71.6 Å². The first kappa shape index (κ1) is 63.8. The van der Waals surface area contributed by atoms with Crippen LogP contribution in [0.5, 0.6) is 17.2 Å².